The summed E-state index contributed by atoms with van der Waals surface area (Å²) in [6.45, 7) is 4.09. The van der Waals surface area contributed by atoms with Crippen molar-refractivity contribution in [1.82, 2.24) is 9.55 Å². The van der Waals surface area contributed by atoms with Gasteiger partial charge in [-0.1, -0.05) is 13.3 Å². The minimum atomic E-state index is -4.32. The highest BCUT2D eigenvalue weighted by molar-refractivity contribution is 7.47. The van der Waals surface area contributed by atoms with E-state index in [1.54, 1.807) is 6.92 Å². The Morgan fingerprint density at radius 2 is 2.07 bits per heavy atom. The second-order valence-corrected chi connectivity index (χ2v) is 7.92. The predicted molar refractivity (Wildman–Crippen MR) is 99.8 cm³/mol. The van der Waals surface area contributed by atoms with Gasteiger partial charge in [-0.15, -0.1) is 0 Å². The molecule has 1 aliphatic rings. The molecular weight excluding hydrogens is 393 g/mol. The fourth-order valence-corrected chi connectivity index (χ4v) is 3.63. The first kappa shape index (κ1) is 23.0. The molecule has 0 spiro atoms. The van der Waals surface area contributed by atoms with Crippen molar-refractivity contribution in [2.24, 2.45) is 0 Å². The second kappa shape index (κ2) is 9.93. The Labute approximate surface area is 163 Å². The number of ether oxygens (including phenoxy) is 3. The molecule has 1 fully saturated rings. The van der Waals surface area contributed by atoms with Crippen molar-refractivity contribution in [3.8, 4) is 0 Å². The average molecular weight is 421 g/mol. The molecular formula is C16H28N3O8P. The summed E-state index contributed by atoms with van der Waals surface area (Å²) in [6.07, 6.45) is -0.573. The summed E-state index contributed by atoms with van der Waals surface area (Å²) in [7, 11) is -1.73. The van der Waals surface area contributed by atoms with Gasteiger partial charge in [0.2, 0.25) is 0 Å². The number of nitrogen functional groups attached to an aromatic ring is 1. The van der Waals surface area contributed by atoms with Gasteiger partial charge in [-0.2, -0.15) is 4.98 Å². The number of anilines is 1. The topological polar surface area (TPSA) is 144 Å². The minimum absolute atomic E-state index is 0.119. The van der Waals surface area contributed by atoms with Crippen LogP contribution in [0, 0.1) is 6.92 Å². The maximum Gasteiger partial charge on any atom is 0.472 e. The van der Waals surface area contributed by atoms with Crippen molar-refractivity contribution in [2.75, 3.05) is 33.2 Å². The van der Waals surface area contributed by atoms with E-state index in [1.165, 1.54) is 17.9 Å². The number of aromatic nitrogens is 2. The molecule has 0 amide bonds. The third-order valence-corrected chi connectivity index (χ3v) is 5.36. The van der Waals surface area contributed by atoms with Crippen molar-refractivity contribution >= 4 is 13.6 Å². The van der Waals surface area contributed by atoms with Crippen LogP contribution in [0.4, 0.5) is 5.82 Å². The first-order chi connectivity index (χ1) is 13.2. The third-order valence-electron chi connectivity index (χ3n) is 4.39. The predicted octanol–water partition coefficient (Wildman–Crippen LogP) is 0.995. The summed E-state index contributed by atoms with van der Waals surface area (Å²) in [5.74, 6) is 0.119. The Hall–Kier alpha value is -1.33. The molecule has 28 heavy (non-hydrogen) atoms. The first-order valence-electron chi connectivity index (χ1n) is 8.92. The Morgan fingerprint density at radius 3 is 2.68 bits per heavy atom. The van der Waals surface area contributed by atoms with Crippen LogP contribution in [0.3, 0.4) is 0 Å². The highest BCUT2D eigenvalue weighted by Crippen LogP contribution is 2.48. The normalized spacial score (nSPS) is 27.0. The van der Waals surface area contributed by atoms with Crippen LogP contribution < -0.4 is 11.4 Å². The van der Waals surface area contributed by atoms with Crippen LogP contribution in [-0.4, -0.2) is 60.2 Å². The smallest absolute Gasteiger partial charge is 0.383 e. The molecule has 1 aliphatic heterocycles. The van der Waals surface area contributed by atoms with Crippen molar-refractivity contribution < 1.29 is 32.7 Å². The van der Waals surface area contributed by atoms with E-state index in [0.717, 1.165) is 13.5 Å². The Balaban J connectivity index is 2.43. The van der Waals surface area contributed by atoms with Crippen LogP contribution in [-0.2, 0) is 27.8 Å². The number of nitrogens with two attached hydrogens (primary N) is 1. The molecule has 11 nitrogen and oxygen atoms in total. The van der Waals surface area contributed by atoms with Crippen LogP contribution in [0.25, 0.3) is 0 Å². The lowest BCUT2D eigenvalue weighted by Gasteiger charge is -2.26. The molecule has 2 unspecified atom stereocenters. The van der Waals surface area contributed by atoms with Crippen LogP contribution in [0.2, 0.25) is 0 Å². The molecule has 0 radical (unpaired) electrons. The van der Waals surface area contributed by atoms with Crippen molar-refractivity contribution in [3.05, 3.63) is 22.2 Å². The quantitative estimate of drug-likeness (QED) is 0.414. The summed E-state index contributed by atoms with van der Waals surface area (Å²) in [5, 5.41) is 0. The van der Waals surface area contributed by atoms with Gasteiger partial charge in [0.25, 0.3) is 0 Å². The summed E-state index contributed by atoms with van der Waals surface area (Å²) < 4.78 is 40.0. The zero-order chi connectivity index (χ0) is 20.9. The number of methoxy groups -OCH3 is 1. The van der Waals surface area contributed by atoms with Gasteiger partial charge in [0.05, 0.1) is 19.3 Å². The van der Waals surface area contributed by atoms with E-state index in [-0.39, 0.29) is 19.0 Å². The lowest BCUT2D eigenvalue weighted by molar-refractivity contribution is -0.0795. The zero-order valence-electron chi connectivity index (χ0n) is 16.4. The van der Waals surface area contributed by atoms with E-state index in [0.29, 0.717) is 12.0 Å². The highest BCUT2D eigenvalue weighted by atomic mass is 31.2. The highest BCUT2D eigenvalue weighted by Gasteiger charge is 2.50. The molecule has 0 aliphatic carbocycles. The van der Waals surface area contributed by atoms with E-state index < -0.39 is 38.1 Å². The van der Waals surface area contributed by atoms with Gasteiger partial charge in [0.15, 0.2) is 6.23 Å². The average Bonchev–Trinajstić information content (AvgIpc) is 2.96. The molecule has 1 saturated heterocycles. The van der Waals surface area contributed by atoms with Crippen molar-refractivity contribution in [3.63, 3.8) is 0 Å². The molecule has 12 heteroatoms. The molecule has 2 rings (SSSR count). The number of phosphoric ester groups is 1. The van der Waals surface area contributed by atoms with Crippen LogP contribution in [0.5, 0.6) is 0 Å². The Kier molecular flexibility index (Phi) is 8.14. The zero-order valence-corrected chi connectivity index (χ0v) is 17.3. The number of aryl methyl sites for hydroxylation is 1. The third kappa shape index (κ3) is 5.38. The number of phosphoric acid groups is 1. The van der Waals surface area contributed by atoms with Crippen molar-refractivity contribution in [2.45, 2.75) is 51.2 Å². The monoisotopic (exact) mass is 421 g/mol. The number of hydrogen-bond donors (Lipinski definition) is 2. The summed E-state index contributed by atoms with van der Waals surface area (Å²) in [5.41, 5.74) is 5.66. The van der Waals surface area contributed by atoms with E-state index in [2.05, 4.69) is 9.51 Å². The van der Waals surface area contributed by atoms with Gasteiger partial charge in [-0.05, 0) is 13.3 Å². The van der Waals surface area contributed by atoms with Gasteiger partial charge >= 0.3 is 13.5 Å². The molecule has 160 valence electrons. The van der Waals surface area contributed by atoms with Gasteiger partial charge in [0, 0.05) is 26.0 Å². The van der Waals surface area contributed by atoms with Crippen molar-refractivity contribution in [1.29, 1.82) is 0 Å². The van der Waals surface area contributed by atoms with E-state index in [1.807, 2.05) is 6.92 Å². The summed E-state index contributed by atoms with van der Waals surface area (Å²) >= 11 is 0. The van der Waals surface area contributed by atoms with Gasteiger partial charge in [-0.3, -0.25) is 13.6 Å². The standard InChI is InChI=1S/C16H28N3O8P/c1-5-6-11-12(27-28(21,22)24-4)13(25-8-7-23-3)15(26-11)19-9-10(2)14(17)18-16(19)20/h9,11-13,15H,5-8H2,1-4H3,(H,21,22)(H2,17,18,20)/t11-,12?,13+,15-/m1/s1. The summed E-state index contributed by atoms with van der Waals surface area (Å²) in [4.78, 5) is 26.0. The fourth-order valence-electron chi connectivity index (χ4n) is 2.98. The van der Waals surface area contributed by atoms with Crippen LogP contribution in [0.15, 0.2) is 11.0 Å². The minimum Gasteiger partial charge on any atom is -0.383 e. The second-order valence-electron chi connectivity index (χ2n) is 6.40. The molecule has 0 saturated carbocycles. The molecule has 2 heterocycles. The Morgan fingerprint density at radius 1 is 1.36 bits per heavy atom. The maximum atomic E-state index is 12.4. The van der Waals surface area contributed by atoms with Gasteiger partial charge in [0.1, 0.15) is 18.0 Å². The van der Waals surface area contributed by atoms with Gasteiger partial charge in [-0.25, -0.2) is 9.36 Å². The molecule has 0 aromatic carbocycles. The lowest BCUT2D eigenvalue weighted by atomic mass is 10.1. The lowest BCUT2D eigenvalue weighted by Crippen LogP contribution is -2.39. The molecule has 3 N–H and O–H groups in total. The number of rotatable bonds is 10. The molecule has 1 aromatic heterocycles. The first-order valence-corrected chi connectivity index (χ1v) is 10.4. The molecule has 1 aromatic rings. The maximum absolute atomic E-state index is 12.4. The van der Waals surface area contributed by atoms with Crippen LogP contribution in [0.1, 0.15) is 31.6 Å². The fraction of sp³-hybridized carbons (Fsp3) is 0.750. The summed E-state index contributed by atoms with van der Waals surface area (Å²) in [6, 6.07) is 0. The van der Waals surface area contributed by atoms with Gasteiger partial charge < -0.3 is 24.8 Å². The Bertz CT molecular complexity index is 758. The largest absolute Gasteiger partial charge is 0.472 e. The van der Waals surface area contributed by atoms with E-state index in [4.69, 9.17) is 24.5 Å². The number of hydrogen-bond acceptors (Lipinski definition) is 9. The van der Waals surface area contributed by atoms with E-state index in [9.17, 15) is 14.3 Å². The van der Waals surface area contributed by atoms with Crippen LogP contribution >= 0.6 is 7.82 Å². The van der Waals surface area contributed by atoms with E-state index >= 15 is 0 Å². The molecule has 5 atom stereocenters. The number of nitrogens with zero attached hydrogens (tertiary/aromatic N) is 2. The molecule has 0 bridgehead atoms. The SMILES string of the molecule is CCC[C@H]1O[C@@H](n2cc(C)c(N)nc2=O)[C@@H](OCCOC)C1OP(=O)(O)OC.